The number of thioether (sulfide) groups is 1. The first-order valence-corrected chi connectivity index (χ1v) is 8.48. The summed E-state index contributed by atoms with van der Waals surface area (Å²) in [5.74, 6) is -0.153. The van der Waals surface area contributed by atoms with Crippen LogP contribution < -0.4 is 0 Å². The van der Waals surface area contributed by atoms with Crippen molar-refractivity contribution in [2.75, 3.05) is 7.05 Å². The smallest absolute Gasteiger partial charge is 0.289 e. The maximum Gasteiger partial charge on any atom is 0.289 e. The number of carbonyl (C=O) groups excluding carboxylic acids is 2. The SMILES string of the molecule is CN1C(=O)SC(c2cccc3c2ccn3Cc2ccncc2)C1=O. The zero-order valence-corrected chi connectivity index (χ0v) is 13.9. The van der Waals surface area contributed by atoms with Gasteiger partial charge in [0.2, 0.25) is 5.91 Å². The Balaban J connectivity index is 1.75. The molecule has 0 N–H and O–H groups in total. The van der Waals surface area contributed by atoms with Crippen LogP contribution in [0.1, 0.15) is 16.4 Å². The molecule has 0 bridgehead atoms. The fourth-order valence-corrected chi connectivity index (χ4v) is 4.03. The maximum absolute atomic E-state index is 12.3. The Kier molecular flexibility index (Phi) is 3.61. The molecule has 2 aromatic heterocycles. The molecule has 0 aliphatic carbocycles. The lowest BCUT2D eigenvalue weighted by molar-refractivity contribution is -0.125. The Morgan fingerprint density at radius 1 is 1.12 bits per heavy atom. The summed E-state index contributed by atoms with van der Waals surface area (Å²) < 4.78 is 2.14. The average Bonchev–Trinajstić information content (AvgIpc) is 3.12. The van der Waals surface area contributed by atoms with Gasteiger partial charge in [-0.2, -0.15) is 0 Å². The van der Waals surface area contributed by atoms with Crippen molar-refractivity contribution in [3.05, 3.63) is 66.1 Å². The molecule has 0 spiro atoms. The number of benzene rings is 1. The Morgan fingerprint density at radius 3 is 2.62 bits per heavy atom. The van der Waals surface area contributed by atoms with E-state index in [0.717, 1.165) is 40.3 Å². The molecular weight excluding hydrogens is 322 g/mol. The largest absolute Gasteiger partial charge is 0.343 e. The fraction of sp³-hybridized carbons (Fsp3) is 0.167. The molecule has 6 heteroatoms. The predicted octanol–water partition coefficient (Wildman–Crippen LogP) is 3.45. The van der Waals surface area contributed by atoms with E-state index >= 15 is 0 Å². The third-order valence-corrected chi connectivity index (χ3v) is 5.45. The summed E-state index contributed by atoms with van der Waals surface area (Å²) in [5.41, 5.74) is 3.11. The topological polar surface area (TPSA) is 55.2 Å². The van der Waals surface area contributed by atoms with Gasteiger partial charge in [0.05, 0.1) is 0 Å². The Morgan fingerprint density at radius 2 is 1.92 bits per heavy atom. The standard InChI is InChI=1S/C18H15N3O2S/c1-20-17(22)16(24-18(20)23)14-3-2-4-15-13(14)7-10-21(15)11-12-5-8-19-9-6-12/h2-10,16H,11H2,1H3. The third-order valence-electron chi connectivity index (χ3n) is 4.28. The normalized spacial score (nSPS) is 17.9. The summed E-state index contributed by atoms with van der Waals surface area (Å²) in [6.45, 7) is 0.736. The van der Waals surface area contributed by atoms with E-state index in [1.54, 1.807) is 12.4 Å². The summed E-state index contributed by atoms with van der Waals surface area (Å²) in [4.78, 5) is 29.4. The van der Waals surface area contributed by atoms with Crippen LogP contribution in [-0.2, 0) is 11.3 Å². The number of aromatic nitrogens is 2. The molecule has 120 valence electrons. The van der Waals surface area contributed by atoms with Gasteiger partial charge >= 0.3 is 0 Å². The molecule has 5 nitrogen and oxygen atoms in total. The maximum atomic E-state index is 12.3. The molecule has 3 heterocycles. The van der Waals surface area contributed by atoms with Crippen molar-refractivity contribution in [1.29, 1.82) is 0 Å². The van der Waals surface area contributed by atoms with Gasteiger partial charge in [0, 0.05) is 43.1 Å². The number of nitrogens with zero attached hydrogens (tertiary/aromatic N) is 3. The van der Waals surface area contributed by atoms with Crippen molar-refractivity contribution in [2.45, 2.75) is 11.8 Å². The predicted molar refractivity (Wildman–Crippen MR) is 93.8 cm³/mol. The molecule has 24 heavy (non-hydrogen) atoms. The Hall–Kier alpha value is -2.60. The van der Waals surface area contributed by atoms with Crippen LogP contribution in [0.3, 0.4) is 0 Å². The van der Waals surface area contributed by atoms with E-state index in [2.05, 4.69) is 9.55 Å². The minimum absolute atomic E-state index is 0.153. The van der Waals surface area contributed by atoms with E-state index in [9.17, 15) is 9.59 Å². The number of hydrogen-bond donors (Lipinski definition) is 0. The van der Waals surface area contributed by atoms with Crippen LogP contribution in [0, 0.1) is 0 Å². The number of imide groups is 1. The highest BCUT2D eigenvalue weighted by Crippen LogP contribution is 2.41. The van der Waals surface area contributed by atoms with Crippen LogP contribution in [0.5, 0.6) is 0 Å². The van der Waals surface area contributed by atoms with Gasteiger partial charge in [-0.1, -0.05) is 12.1 Å². The highest BCUT2D eigenvalue weighted by molar-refractivity contribution is 8.15. The molecule has 0 saturated carbocycles. The van der Waals surface area contributed by atoms with Gasteiger partial charge in [-0.25, -0.2) is 0 Å². The van der Waals surface area contributed by atoms with E-state index in [4.69, 9.17) is 0 Å². The van der Waals surface area contributed by atoms with Crippen LogP contribution >= 0.6 is 11.8 Å². The second-order valence-corrected chi connectivity index (χ2v) is 6.80. The first-order chi connectivity index (χ1) is 11.6. The molecule has 1 aliphatic heterocycles. The van der Waals surface area contributed by atoms with Crippen molar-refractivity contribution in [1.82, 2.24) is 14.5 Å². The zero-order chi connectivity index (χ0) is 16.7. The quantitative estimate of drug-likeness (QED) is 0.734. The van der Waals surface area contributed by atoms with Crippen LogP contribution in [-0.4, -0.2) is 32.6 Å². The molecule has 3 aromatic rings. The molecule has 2 amide bonds. The summed E-state index contributed by atoms with van der Waals surface area (Å²) in [6, 6.07) is 11.9. The number of pyridine rings is 1. The average molecular weight is 337 g/mol. The van der Waals surface area contributed by atoms with Gasteiger partial charge in [-0.05, 0) is 47.2 Å². The first kappa shape index (κ1) is 15.0. The lowest BCUT2D eigenvalue weighted by atomic mass is 10.1. The number of rotatable bonds is 3. The van der Waals surface area contributed by atoms with E-state index in [0.29, 0.717) is 0 Å². The second kappa shape index (κ2) is 5.79. The minimum Gasteiger partial charge on any atom is -0.343 e. The Bertz CT molecular complexity index is 936. The van der Waals surface area contributed by atoms with Crippen molar-refractivity contribution < 1.29 is 9.59 Å². The van der Waals surface area contributed by atoms with E-state index in [-0.39, 0.29) is 11.1 Å². The number of fused-ring (bicyclic) bond motifs is 1. The molecule has 1 fully saturated rings. The summed E-state index contributed by atoms with van der Waals surface area (Å²) >= 11 is 1.08. The number of amides is 2. The van der Waals surface area contributed by atoms with Crippen LogP contribution in [0.4, 0.5) is 4.79 Å². The summed E-state index contributed by atoms with van der Waals surface area (Å²) in [6.07, 6.45) is 5.58. The molecule has 1 atom stereocenters. The zero-order valence-electron chi connectivity index (χ0n) is 13.0. The van der Waals surface area contributed by atoms with E-state index < -0.39 is 5.25 Å². The van der Waals surface area contributed by atoms with Gasteiger partial charge in [0.25, 0.3) is 5.24 Å². The summed E-state index contributed by atoms with van der Waals surface area (Å²) in [5, 5.41) is 0.363. The van der Waals surface area contributed by atoms with Crippen LogP contribution in [0.15, 0.2) is 55.0 Å². The fourth-order valence-electron chi connectivity index (χ4n) is 2.99. The van der Waals surface area contributed by atoms with Crippen molar-refractivity contribution >= 4 is 33.8 Å². The minimum atomic E-state index is -0.456. The lowest BCUT2D eigenvalue weighted by Crippen LogP contribution is -2.24. The molecule has 1 unspecified atom stereocenters. The van der Waals surface area contributed by atoms with Gasteiger partial charge in [0.15, 0.2) is 0 Å². The molecule has 4 rings (SSSR count). The molecule has 1 aliphatic rings. The van der Waals surface area contributed by atoms with E-state index in [1.807, 2.05) is 42.6 Å². The molecule has 1 aromatic carbocycles. The summed E-state index contributed by atoms with van der Waals surface area (Å²) in [7, 11) is 1.53. The number of carbonyl (C=O) groups is 2. The Labute approximate surface area is 143 Å². The first-order valence-electron chi connectivity index (χ1n) is 7.60. The monoisotopic (exact) mass is 337 g/mol. The third kappa shape index (κ3) is 2.39. The highest BCUT2D eigenvalue weighted by atomic mass is 32.2. The van der Waals surface area contributed by atoms with Crippen molar-refractivity contribution in [2.24, 2.45) is 0 Å². The second-order valence-electron chi connectivity index (χ2n) is 5.74. The van der Waals surface area contributed by atoms with Gasteiger partial charge in [0.1, 0.15) is 5.25 Å². The molecular formula is C18H15N3O2S. The van der Waals surface area contributed by atoms with Crippen molar-refractivity contribution in [3.8, 4) is 0 Å². The van der Waals surface area contributed by atoms with Crippen LogP contribution in [0.25, 0.3) is 10.9 Å². The van der Waals surface area contributed by atoms with Gasteiger partial charge < -0.3 is 4.57 Å². The highest BCUT2D eigenvalue weighted by Gasteiger charge is 2.38. The van der Waals surface area contributed by atoms with Gasteiger partial charge in [-0.15, -0.1) is 0 Å². The van der Waals surface area contributed by atoms with E-state index in [1.165, 1.54) is 11.9 Å². The molecule has 0 radical (unpaired) electrons. The number of hydrogen-bond acceptors (Lipinski definition) is 4. The lowest BCUT2D eigenvalue weighted by Gasteiger charge is -2.11. The number of likely N-dealkylation sites (N-methyl/N-ethyl adjacent to an activating group) is 1. The van der Waals surface area contributed by atoms with Crippen LogP contribution in [0.2, 0.25) is 0 Å². The molecule has 1 saturated heterocycles. The van der Waals surface area contributed by atoms with Crippen molar-refractivity contribution in [3.63, 3.8) is 0 Å². The van der Waals surface area contributed by atoms with Gasteiger partial charge in [-0.3, -0.25) is 19.5 Å².